The Morgan fingerprint density at radius 1 is 1.50 bits per heavy atom. The molecule has 0 fully saturated rings. The van der Waals surface area contributed by atoms with E-state index in [9.17, 15) is 0 Å². The molecule has 4 nitrogen and oxygen atoms in total. The summed E-state index contributed by atoms with van der Waals surface area (Å²) in [5.74, 6) is 0.413. The van der Waals surface area contributed by atoms with E-state index in [0.717, 1.165) is 17.7 Å². The van der Waals surface area contributed by atoms with Gasteiger partial charge in [0.25, 0.3) is 0 Å². The van der Waals surface area contributed by atoms with Crippen molar-refractivity contribution in [2.24, 2.45) is 0 Å². The maximum Gasteiger partial charge on any atom is 0.232 e. The lowest BCUT2D eigenvalue weighted by Crippen LogP contribution is -2.04. The number of ether oxygens (including phenoxy) is 2. The molecule has 0 bridgehead atoms. The van der Waals surface area contributed by atoms with Crippen molar-refractivity contribution in [3.63, 3.8) is 0 Å². The molecule has 0 aromatic carbocycles. The summed E-state index contributed by atoms with van der Waals surface area (Å²) in [6.45, 7) is 4.85. The molecule has 1 aromatic rings. The van der Waals surface area contributed by atoms with Crippen molar-refractivity contribution >= 4 is 0 Å². The van der Waals surface area contributed by atoms with Crippen molar-refractivity contribution in [2.45, 2.75) is 26.9 Å². The lowest BCUT2D eigenvalue weighted by atomic mass is 10.1. The van der Waals surface area contributed by atoms with Crippen LogP contribution in [0.3, 0.4) is 0 Å². The average molecular weight is 220 g/mol. The number of pyridine rings is 1. The zero-order valence-corrected chi connectivity index (χ0v) is 9.91. The van der Waals surface area contributed by atoms with Crippen molar-refractivity contribution in [1.82, 2.24) is 4.98 Å². The predicted molar refractivity (Wildman–Crippen MR) is 60.2 cm³/mol. The Kier molecular flexibility index (Phi) is 4.74. The molecule has 86 valence electrons. The number of rotatable bonds is 5. The van der Waals surface area contributed by atoms with Gasteiger partial charge in [-0.15, -0.1) is 0 Å². The van der Waals surface area contributed by atoms with Gasteiger partial charge in [0.1, 0.15) is 11.6 Å². The Labute approximate surface area is 95.8 Å². The molecular formula is C12H16N2O2. The third-order valence-corrected chi connectivity index (χ3v) is 2.05. The minimum absolute atomic E-state index is 0.398. The molecule has 0 saturated heterocycles. The van der Waals surface area contributed by atoms with Crippen molar-refractivity contribution < 1.29 is 9.47 Å². The van der Waals surface area contributed by atoms with E-state index in [2.05, 4.69) is 11.1 Å². The van der Waals surface area contributed by atoms with Gasteiger partial charge in [0.15, 0.2) is 0 Å². The highest BCUT2D eigenvalue weighted by molar-refractivity contribution is 5.45. The fourth-order valence-electron chi connectivity index (χ4n) is 1.40. The number of nitriles is 1. The SMILES string of the molecule is CCCOc1nc(C)cc(COC)c1C#N. The molecule has 0 N–H and O–H groups in total. The number of methoxy groups -OCH3 is 1. The molecule has 0 amide bonds. The van der Waals surface area contributed by atoms with Crippen LogP contribution in [-0.4, -0.2) is 18.7 Å². The largest absolute Gasteiger partial charge is 0.477 e. The summed E-state index contributed by atoms with van der Waals surface area (Å²) in [6, 6.07) is 3.97. The lowest BCUT2D eigenvalue weighted by Gasteiger charge is -2.10. The predicted octanol–water partition coefficient (Wildman–Crippen LogP) is 2.20. The van der Waals surface area contributed by atoms with Crippen LogP contribution in [0.5, 0.6) is 5.88 Å². The summed E-state index contributed by atoms with van der Waals surface area (Å²) >= 11 is 0. The Morgan fingerprint density at radius 3 is 2.81 bits per heavy atom. The van der Waals surface area contributed by atoms with Crippen molar-refractivity contribution in [3.05, 3.63) is 22.9 Å². The Balaban J connectivity index is 3.10. The summed E-state index contributed by atoms with van der Waals surface area (Å²) in [4.78, 5) is 4.22. The van der Waals surface area contributed by atoms with Crippen LogP contribution in [0.2, 0.25) is 0 Å². The second-order valence-electron chi connectivity index (χ2n) is 3.50. The monoisotopic (exact) mass is 220 g/mol. The second kappa shape index (κ2) is 6.09. The van der Waals surface area contributed by atoms with Crippen LogP contribution in [0.4, 0.5) is 0 Å². The van der Waals surface area contributed by atoms with E-state index in [1.807, 2.05) is 19.9 Å². The zero-order valence-electron chi connectivity index (χ0n) is 9.91. The van der Waals surface area contributed by atoms with Crippen LogP contribution >= 0.6 is 0 Å². The minimum atomic E-state index is 0.398. The molecule has 0 aliphatic heterocycles. The van der Waals surface area contributed by atoms with Crippen molar-refractivity contribution in [2.75, 3.05) is 13.7 Å². The van der Waals surface area contributed by atoms with Gasteiger partial charge in [0.05, 0.1) is 13.2 Å². The molecule has 1 aromatic heterocycles. The Morgan fingerprint density at radius 2 is 2.25 bits per heavy atom. The molecule has 0 atom stereocenters. The fourth-order valence-corrected chi connectivity index (χ4v) is 1.40. The van der Waals surface area contributed by atoms with Gasteiger partial charge < -0.3 is 9.47 Å². The van der Waals surface area contributed by atoms with Gasteiger partial charge in [-0.3, -0.25) is 0 Å². The van der Waals surface area contributed by atoms with Crippen LogP contribution in [0.15, 0.2) is 6.07 Å². The first-order valence-corrected chi connectivity index (χ1v) is 5.25. The van der Waals surface area contributed by atoms with Gasteiger partial charge in [0, 0.05) is 18.4 Å². The van der Waals surface area contributed by atoms with Crippen molar-refractivity contribution in [3.8, 4) is 11.9 Å². The smallest absolute Gasteiger partial charge is 0.232 e. The maximum atomic E-state index is 9.09. The molecule has 0 radical (unpaired) electrons. The number of hydrogen-bond acceptors (Lipinski definition) is 4. The minimum Gasteiger partial charge on any atom is -0.477 e. The highest BCUT2D eigenvalue weighted by Crippen LogP contribution is 2.21. The summed E-state index contributed by atoms with van der Waals surface area (Å²) < 4.78 is 10.5. The molecule has 1 heterocycles. The average Bonchev–Trinajstić information content (AvgIpc) is 2.26. The molecule has 0 aliphatic rings. The summed E-state index contributed by atoms with van der Waals surface area (Å²) in [5.41, 5.74) is 2.13. The Hall–Kier alpha value is -1.60. The highest BCUT2D eigenvalue weighted by Gasteiger charge is 2.12. The van der Waals surface area contributed by atoms with E-state index in [1.165, 1.54) is 0 Å². The first kappa shape index (κ1) is 12.5. The van der Waals surface area contributed by atoms with Gasteiger partial charge in [-0.2, -0.15) is 5.26 Å². The zero-order chi connectivity index (χ0) is 12.0. The van der Waals surface area contributed by atoms with Crippen molar-refractivity contribution in [1.29, 1.82) is 5.26 Å². The molecule has 1 rings (SSSR count). The maximum absolute atomic E-state index is 9.09. The van der Waals surface area contributed by atoms with Gasteiger partial charge >= 0.3 is 0 Å². The van der Waals surface area contributed by atoms with Gasteiger partial charge in [0.2, 0.25) is 5.88 Å². The van der Waals surface area contributed by atoms with Gasteiger partial charge in [-0.1, -0.05) is 6.92 Å². The quantitative estimate of drug-likeness (QED) is 0.763. The van der Waals surface area contributed by atoms with E-state index in [0.29, 0.717) is 24.7 Å². The van der Waals surface area contributed by atoms with E-state index < -0.39 is 0 Å². The van der Waals surface area contributed by atoms with E-state index in [4.69, 9.17) is 14.7 Å². The highest BCUT2D eigenvalue weighted by atomic mass is 16.5. The summed E-state index contributed by atoms with van der Waals surface area (Å²) in [5, 5.41) is 9.09. The van der Waals surface area contributed by atoms with Gasteiger partial charge in [-0.05, 0) is 19.4 Å². The second-order valence-corrected chi connectivity index (χ2v) is 3.50. The van der Waals surface area contributed by atoms with Crippen LogP contribution in [-0.2, 0) is 11.3 Å². The summed E-state index contributed by atoms with van der Waals surface area (Å²) in [6.07, 6.45) is 0.889. The number of aryl methyl sites for hydroxylation is 1. The van der Waals surface area contributed by atoms with Crippen LogP contribution < -0.4 is 4.74 Å². The van der Waals surface area contributed by atoms with Crippen LogP contribution in [0.1, 0.15) is 30.2 Å². The normalized spacial score (nSPS) is 9.88. The summed E-state index contributed by atoms with van der Waals surface area (Å²) in [7, 11) is 1.60. The molecule has 4 heteroatoms. The first-order valence-electron chi connectivity index (χ1n) is 5.25. The molecule has 0 spiro atoms. The molecule has 16 heavy (non-hydrogen) atoms. The number of nitrogens with zero attached hydrogens (tertiary/aromatic N) is 2. The topological polar surface area (TPSA) is 55.1 Å². The first-order chi connectivity index (χ1) is 7.72. The van der Waals surface area contributed by atoms with Crippen LogP contribution in [0, 0.1) is 18.3 Å². The van der Waals surface area contributed by atoms with E-state index in [-0.39, 0.29) is 0 Å². The fraction of sp³-hybridized carbons (Fsp3) is 0.500. The number of aromatic nitrogens is 1. The third kappa shape index (κ3) is 2.94. The number of hydrogen-bond donors (Lipinski definition) is 0. The third-order valence-electron chi connectivity index (χ3n) is 2.05. The standard InChI is InChI=1S/C12H16N2O2/c1-4-5-16-12-11(7-13)10(8-15-3)6-9(2)14-12/h6H,4-5,8H2,1-3H3. The molecular weight excluding hydrogens is 204 g/mol. The molecule has 0 unspecified atom stereocenters. The lowest BCUT2D eigenvalue weighted by molar-refractivity contribution is 0.184. The van der Waals surface area contributed by atoms with E-state index >= 15 is 0 Å². The molecule has 0 saturated carbocycles. The van der Waals surface area contributed by atoms with Crippen LogP contribution in [0.25, 0.3) is 0 Å². The Bertz CT molecular complexity index is 397. The van der Waals surface area contributed by atoms with E-state index in [1.54, 1.807) is 7.11 Å². The van der Waals surface area contributed by atoms with Gasteiger partial charge in [-0.25, -0.2) is 4.98 Å². The molecule has 0 aliphatic carbocycles.